The number of alkyl halides is 3. The van der Waals surface area contributed by atoms with Crippen molar-refractivity contribution in [2.24, 2.45) is 11.3 Å². The van der Waals surface area contributed by atoms with Gasteiger partial charge in [0.05, 0.1) is 5.56 Å². The Balaban J connectivity index is 2.01. The number of nitrogens with one attached hydrogen (secondary N) is 1. The average Bonchev–Trinajstić information content (AvgIpc) is 3.16. The molecule has 1 fully saturated rings. The molecule has 1 aliphatic rings. The molecule has 0 radical (unpaired) electrons. The molecular formula is C16H22F3N. The zero-order chi connectivity index (χ0) is 15.0. The molecule has 0 amide bonds. The summed E-state index contributed by atoms with van der Waals surface area (Å²) in [5, 5.41) is 3.39. The number of rotatable bonds is 5. The van der Waals surface area contributed by atoms with Gasteiger partial charge in [0.2, 0.25) is 0 Å². The van der Waals surface area contributed by atoms with Crippen LogP contribution in [0.2, 0.25) is 0 Å². The maximum atomic E-state index is 12.7. The van der Waals surface area contributed by atoms with Gasteiger partial charge < -0.3 is 5.32 Å². The fourth-order valence-electron chi connectivity index (χ4n) is 2.58. The third-order valence-corrected chi connectivity index (χ3v) is 4.59. The first-order valence-corrected chi connectivity index (χ1v) is 7.15. The molecular weight excluding hydrogens is 263 g/mol. The van der Waals surface area contributed by atoms with Crippen molar-refractivity contribution in [3.63, 3.8) is 0 Å². The monoisotopic (exact) mass is 285 g/mol. The van der Waals surface area contributed by atoms with Gasteiger partial charge in [-0.3, -0.25) is 0 Å². The van der Waals surface area contributed by atoms with Gasteiger partial charge in [-0.2, -0.15) is 13.2 Å². The molecule has 1 atom stereocenters. The van der Waals surface area contributed by atoms with Crippen LogP contribution in [0.3, 0.4) is 0 Å². The van der Waals surface area contributed by atoms with Crippen LogP contribution in [0.5, 0.6) is 0 Å². The highest BCUT2D eigenvalue weighted by atomic mass is 19.4. The predicted octanol–water partition coefficient (Wildman–Crippen LogP) is 4.79. The molecule has 0 bridgehead atoms. The standard InChI is InChI=1S/C16H22F3N/c1-11(2)15(7-8-15)10-20-12(3)13-5-4-6-14(9-13)16(17,18)19/h4-6,9,11-12,20H,7-8,10H2,1-3H3. The zero-order valence-electron chi connectivity index (χ0n) is 12.2. The second kappa shape index (κ2) is 5.40. The molecule has 1 aromatic rings. The van der Waals surface area contributed by atoms with E-state index >= 15 is 0 Å². The first kappa shape index (κ1) is 15.4. The number of hydrogen-bond donors (Lipinski definition) is 1. The van der Waals surface area contributed by atoms with Crippen LogP contribution in [-0.2, 0) is 6.18 Å². The summed E-state index contributed by atoms with van der Waals surface area (Å²) < 4.78 is 38.1. The lowest BCUT2D eigenvalue weighted by Gasteiger charge is -2.23. The van der Waals surface area contributed by atoms with Crippen LogP contribution < -0.4 is 5.32 Å². The molecule has 1 nitrogen and oxygen atoms in total. The van der Waals surface area contributed by atoms with E-state index in [1.54, 1.807) is 6.07 Å². The molecule has 0 aromatic heterocycles. The van der Waals surface area contributed by atoms with E-state index in [2.05, 4.69) is 19.2 Å². The first-order valence-electron chi connectivity index (χ1n) is 7.15. The van der Waals surface area contributed by atoms with E-state index in [4.69, 9.17) is 0 Å². The number of halogens is 3. The van der Waals surface area contributed by atoms with Gasteiger partial charge in [0.15, 0.2) is 0 Å². The highest BCUT2D eigenvalue weighted by Gasteiger charge is 2.44. The second-order valence-electron chi connectivity index (χ2n) is 6.24. The van der Waals surface area contributed by atoms with Gasteiger partial charge in [0.1, 0.15) is 0 Å². The van der Waals surface area contributed by atoms with Crippen LogP contribution in [0.4, 0.5) is 13.2 Å². The summed E-state index contributed by atoms with van der Waals surface area (Å²) in [4.78, 5) is 0. The minimum Gasteiger partial charge on any atom is -0.310 e. The third kappa shape index (κ3) is 3.35. The third-order valence-electron chi connectivity index (χ3n) is 4.59. The highest BCUT2D eigenvalue weighted by molar-refractivity contribution is 5.27. The minimum absolute atomic E-state index is 0.0616. The van der Waals surface area contributed by atoms with E-state index in [0.717, 1.165) is 12.6 Å². The lowest BCUT2D eigenvalue weighted by Crippen LogP contribution is -2.29. The summed E-state index contributed by atoms with van der Waals surface area (Å²) in [6.07, 6.45) is -1.84. The van der Waals surface area contributed by atoms with Crippen LogP contribution in [0.1, 0.15) is 50.8 Å². The summed E-state index contributed by atoms with van der Waals surface area (Å²) in [6, 6.07) is 5.53. The van der Waals surface area contributed by atoms with E-state index in [-0.39, 0.29) is 6.04 Å². The quantitative estimate of drug-likeness (QED) is 0.820. The Labute approximate surface area is 118 Å². The smallest absolute Gasteiger partial charge is 0.310 e. The Hall–Kier alpha value is -1.03. The van der Waals surface area contributed by atoms with Crippen molar-refractivity contribution in [1.29, 1.82) is 0 Å². The molecule has 1 N–H and O–H groups in total. The van der Waals surface area contributed by atoms with Crippen molar-refractivity contribution in [3.8, 4) is 0 Å². The summed E-state index contributed by atoms with van der Waals surface area (Å²) in [5.74, 6) is 0.615. The maximum Gasteiger partial charge on any atom is 0.416 e. The summed E-state index contributed by atoms with van der Waals surface area (Å²) >= 11 is 0. The molecule has 1 aliphatic carbocycles. The molecule has 4 heteroatoms. The van der Waals surface area contributed by atoms with Crippen molar-refractivity contribution < 1.29 is 13.2 Å². The van der Waals surface area contributed by atoms with Crippen LogP contribution in [0, 0.1) is 11.3 Å². The van der Waals surface area contributed by atoms with Gasteiger partial charge in [-0.05, 0) is 48.8 Å². The molecule has 0 aliphatic heterocycles. The fourth-order valence-corrected chi connectivity index (χ4v) is 2.58. The van der Waals surface area contributed by atoms with E-state index in [1.165, 1.54) is 25.0 Å². The summed E-state index contributed by atoms with van der Waals surface area (Å²) in [5.41, 5.74) is 0.476. The lowest BCUT2D eigenvalue weighted by atomic mass is 9.92. The van der Waals surface area contributed by atoms with Gasteiger partial charge >= 0.3 is 6.18 Å². The van der Waals surface area contributed by atoms with E-state index < -0.39 is 11.7 Å². The van der Waals surface area contributed by atoms with E-state index in [1.807, 2.05) is 6.92 Å². The molecule has 1 saturated carbocycles. The van der Waals surface area contributed by atoms with Crippen molar-refractivity contribution in [2.75, 3.05) is 6.54 Å². The van der Waals surface area contributed by atoms with Crippen LogP contribution >= 0.6 is 0 Å². The molecule has 1 unspecified atom stereocenters. The predicted molar refractivity (Wildman–Crippen MR) is 74.4 cm³/mol. The Morgan fingerprint density at radius 1 is 1.20 bits per heavy atom. The first-order chi connectivity index (χ1) is 9.24. The summed E-state index contributed by atoms with van der Waals surface area (Å²) in [7, 11) is 0. The summed E-state index contributed by atoms with van der Waals surface area (Å²) in [6.45, 7) is 7.22. The number of hydrogen-bond acceptors (Lipinski definition) is 1. The SMILES string of the molecule is CC(NCC1(C(C)C)CC1)c1cccc(C(F)(F)F)c1. The average molecular weight is 285 g/mol. The molecule has 2 rings (SSSR count). The van der Waals surface area contributed by atoms with Crippen molar-refractivity contribution >= 4 is 0 Å². The minimum atomic E-state index is -4.27. The van der Waals surface area contributed by atoms with Crippen LogP contribution in [0.25, 0.3) is 0 Å². The number of benzene rings is 1. The highest BCUT2D eigenvalue weighted by Crippen LogP contribution is 2.51. The molecule has 20 heavy (non-hydrogen) atoms. The van der Waals surface area contributed by atoms with Crippen molar-refractivity contribution in [1.82, 2.24) is 5.32 Å². The molecule has 0 heterocycles. The second-order valence-corrected chi connectivity index (χ2v) is 6.24. The molecule has 112 valence electrons. The Morgan fingerprint density at radius 2 is 1.85 bits per heavy atom. The Morgan fingerprint density at radius 3 is 2.35 bits per heavy atom. The Kier molecular flexibility index (Phi) is 4.14. The van der Waals surface area contributed by atoms with Gasteiger partial charge in [-0.1, -0.05) is 26.0 Å². The lowest BCUT2D eigenvalue weighted by molar-refractivity contribution is -0.137. The van der Waals surface area contributed by atoms with Gasteiger partial charge in [0.25, 0.3) is 0 Å². The van der Waals surface area contributed by atoms with Crippen LogP contribution in [-0.4, -0.2) is 6.54 Å². The molecule has 0 spiro atoms. The maximum absolute atomic E-state index is 12.7. The Bertz CT molecular complexity index is 461. The van der Waals surface area contributed by atoms with Crippen molar-refractivity contribution in [2.45, 2.75) is 45.8 Å². The van der Waals surface area contributed by atoms with Gasteiger partial charge in [-0.25, -0.2) is 0 Å². The van der Waals surface area contributed by atoms with Gasteiger partial charge in [-0.15, -0.1) is 0 Å². The molecule has 0 saturated heterocycles. The topological polar surface area (TPSA) is 12.0 Å². The fraction of sp³-hybridized carbons (Fsp3) is 0.625. The van der Waals surface area contributed by atoms with Gasteiger partial charge in [0, 0.05) is 12.6 Å². The van der Waals surface area contributed by atoms with Crippen LogP contribution in [0.15, 0.2) is 24.3 Å². The van der Waals surface area contributed by atoms with E-state index in [9.17, 15) is 13.2 Å². The largest absolute Gasteiger partial charge is 0.416 e. The van der Waals surface area contributed by atoms with E-state index in [0.29, 0.717) is 16.9 Å². The van der Waals surface area contributed by atoms with Crippen molar-refractivity contribution in [3.05, 3.63) is 35.4 Å². The molecule has 1 aromatic carbocycles. The zero-order valence-corrected chi connectivity index (χ0v) is 12.2. The normalized spacial score (nSPS) is 19.1.